The van der Waals surface area contributed by atoms with E-state index in [4.69, 9.17) is 0 Å². The molecule has 1 aliphatic carbocycles. The third-order valence-corrected chi connectivity index (χ3v) is 5.02. The lowest BCUT2D eigenvalue weighted by molar-refractivity contribution is -0.122. The number of carbonyl (C=O) groups is 1. The molecule has 3 rings (SSSR count). The predicted octanol–water partition coefficient (Wildman–Crippen LogP) is 4.33. The molecule has 0 radical (unpaired) electrons. The summed E-state index contributed by atoms with van der Waals surface area (Å²) >= 11 is 0. The zero-order chi connectivity index (χ0) is 17.1. The Kier molecular flexibility index (Phi) is 4.89. The van der Waals surface area contributed by atoms with E-state index in [-0.39, 0.29) is 17.9 Å². The first kappa shape index (κ1) is 16.6. The van der Waals surface area contributed by atoms with Crippen molar-refractivity contribution in [2.45, 2.75) is 45.1 Å². The maximum Gasteiger partial charge on any atom is 0.221 e. The van der Waals surface area contributed by atoms with E-state index in [0.717, 1.165) is 24.0 Å². The quantitative estimate of drug-likeness (QED) is 0.860. The molecule has 2 aromatic carbocycles. The van der Waals surface area contributed by atoms with Gasteiger partial charge in [0, 0.05) is 6.42 Å². The summed E-state index contributed by atoms with van der Waals surface area (Å²) in [5.74, 6) is 1.04. The Morgan fingerprint density at radius 3 is 2.62 bits per heavy atom. The summed E-state index contributed by atoms with van der Waals surface area (Å²) in [6, 6.07) is 15.8. The Hall–Kier alpha value is -2.29. The van der Waals surface area contributed by atoms with Gasteiger partial charge < -0.3 is 10.4 Å². The molecular formula is C21H25NO2. The topological polar surface area (TPSA) is 49.3 Å². The van der Waals surface area contributed by atoms with Gasteiger partial charge in [-0.1, -0.05) is 56.3 Å². The standard InChI is InChI=1S/C21H25NO2/c1-14(2)18(15-7-4-3-5-8-15)13-21(24)22-19-12-11-17-16(19)9-6-10-20(17)23/h3-10,14,18-19,23H,11-13H2,1-2H3,(H,22,24). The Bertz CT molecular complexity index is 709. The second-order valence-corrected chi connectivity index (χ2v) is 6.97. The van der Waals surface area contributed by atoms with Crippen molar-refractivity contribution >= 4 is 5.91 Å². The van der Waals surface area contributed by atoms with Crippen molar-refractivity contribution in [2.75, 3.05) is 0 Å². The van der Waals surface area contributed by atoms with Crippen molar-refractivity contribution in [3.63, 3.8) is 0 Å². The van der Waals surface area contributed by atoms with Crippen LogP contribution in [0.15, 0.2) is 48.5 Å². The van der Waals surface area contributed by atoms with Gasteiger partial charge in [0.25, 0.3) is 0 Å². The van der Waals surface area contributed by atoms with E-state index in [1.54, 1.807) is 6.07 Å². The molecular weight excluding hydrogens is 298 g/mol. The fourth-order valence-corrected chi connectivity index (χ4v) is 3.68. The van der Waals surface area contributed by atoms with E-state index in [1.807, 2.05) is 30.3 Å². The minimum Gasteiger partial charge on any atom is -0.508 e. The Morgan fingerprint density at radius 2 is 1.92 bits per heavy atom. The summed E-state index contributed by atoms with van der Waals surface area (Å²) in [6.45, 7) is 4.32. The first-order valence-corrected chi connectivity index (χ1v) is 8.71. The van der Waals surface area contributed by atoms with Gasteiger partial charge in [-0.3, -0.25) is 4.79 Å². The highest BCUT2D eigenvalue weighted by atomic mass is 16.3. The summed E-state index contributed by atoms with van der Waals surface area (Å²) in [6.07, 6.45) is 2.17. The van der Waals surface area contributed by atoms with Crippen LogP contribution in [-0.4, -0.2) is 11.0 Å². The third kappa shape index (κ3) is 3.45. The van der Waals surface area contributed by atoms with Crippen LogP contribution in [0.25, 0.3) is 0 Å². The smallest absolute Gasteiger partial charge is 0.221 e. The van der Waals surface area contributed by atoms with E-state index in [0.29, 0.717) is 18.1 Å². The molecule has 126 valence electrons. The third-order valence-electron chi connectivity index (χ3n) is 5.02. The molecule has 1 amide bonds. The lowest BCUT2D eigenvalue weighted by atomic mass is 9.85. The van der Waals surface area contributed by atoms with Crippen LogP contribution in [0.5, 0.6) is 5.75 Å². The van der Waals surface area contributed by atoms with Gasteiger partial charge in [0.15, 0.2) is 0 Å². The highest BCUT2D eigenvalue weighted by Crippen LogP contribution is 2.36. The van der Waals surface area contributed by atoms with E-state index in [9.17, 15) is 9.90 Å². The van der Waals surface area contributed by atoms with Crippen LogP contribution in [0.4, 0.5) is 0 Å². The minimum absolute atomic E-state index is 0.0168. The molecule has 0 bridgehead atoms. The molecule has 3 nitrogen and oxygen atoms in total. The number of nitrogens with one attached hydrogen (secondary N) is 1. The molecule has 3 heteroatoms. The zero-order valence-electron chi connectivity index (χ0n) is 14.3. The second kappa shape index (κ2) is 7.08. The number of phenolic OH excluding ortho intramolecular Hbond substituents is 1. The van der Waals surface area contributed by atoms with Crippen molar-refractivity contribution in [1.29, 1.82) is 0 Å². The summed E-state index contributed by atoms with van der Waals surface area (Å²) in [5.41, 5.74) is 3.25. The normalized spacial score (nSPS) is 17.5. The Morgan fingerprint density at radius 1 is 1.17 bits per heavy atom. The molecule has 2 atom stereocenters. The maximum atomic E-state index is 12.6. The first-order chi connectivity index (χ1) is 11.6. The molecule has 24 heavy (non-hydrogen) atoms. The number of benzene rings is 2. The van der Waals surface area contributed by atoms with E-state index in [1.165, 1.54) is 5.56 Å². The number of hydrogen-bond donors (Lipinski definition) is 2. The average molecular weight is 323 g/mol. The molecule has 0 fully saturated rings. The molecule has 0 heterocycles. The van der Waals surface area contributed by atoms with Crippen molar-refractivity contribution in [3.8, 4) is 5.75 Å². The largest absolute Gasteiger partial charge is 0.508 e. The van der Waals surface area contributed by atoms with E-state index in [2.05, 4.69) is 31.3 Å². The molecule has 0 saturated carbocycles. The van der Waals surface area contributed by atoms with E-state index < -0.39 is 0 Å². The van der Waals surface area contributed by atoms with Crippen LogP contribution in [0.2, 0.25) is 0 Å². The van der Waals surface area contributed by atoms with Crippen LogP contribution < -0.4 is 5.32 Å². The van der Waals surface area contributed by atoms with Gasteiger partial charge in [-0.25, -0.2) is 0 Å². The number of amides is 1. The predicted molar refractivity (Wildman–Crippen MR) is 95.9 cm³/mol. The van der Waals surface area contributed by atoms with Crippen LogP contribution >= 0.6 is 0 Å². The van der Waals surface area contributed by atoms with Gasteiger partial charge in [0.1, 0.15) is 5.75 Å². The highest BCUT2D eigenvalue weighted by molar-refractivity contribution is 5.77. The minimum atomic E-state index is 0.0168. The Balaban J connectivity index is 1.69. The molecule has 2 N–H and O–H groups in total. The summed E-state index contributed by atoms with van der Waals surface area (Å²) < 4.78 is 0. The molecule has 0 saturated heterocycles. The zero-order valence-corrected chi connectivity index (χ0v) is 14.3. The van der Waals surface area contributed by atoms with Crippen molar-refractivity contribution in [2.24, 2.45) is 5.92 Å². The molecule has 0 aliphatic heterocycles. The van der Waals surface area contributed by atoms with Crippen molar-refractivity contribution in [3.05, 3.63) is 65.2 Å². The highest BCUT2D eigenvalue weighted by Gasteiger charge is 2.27. The van der Waals surface area contributed by atoms with Gasteiger partial charge in [-0.2, -0.15) is 0 Å². The van der Waals surface area contributed by atoms with E-state index >= 15 is 0 Å². The number of hydrogen-bond acceptors (Lipinski definition) is 2. The Labute approximate surface area is 143 Å². The molecule has 1 aliphatic rings. The van der Waals surface area contributed by atoms with Crippen LogP contribution in [0.1, 0.15) is 55.3 Å². The van der Waals surface area contributed by atoms with Gasteiger partial charge in [0.2, 0.25) is 5.91 Å². The molecule has 2 aromatic rings. The number of carbonyl (C=O) groups excluding carboxylic acids is 1. The van der Waals surface area contributed by atoms with Gasteiger partial charge >= 0.3 is 0 Å². The average Bonchev–Trinajstić information content (AvgIpc) is 2.97. The second-order valence-electron chi connectivity index (χ2n) is 6.97. The fraction of sp³-hybridized carbons (Fsp3) is 0.381. The monoisotopic (exact) mass is 323 g/mol. The van der Waals surface area contributed by atoms with Crippen molar-refractivity contribution in [1.82, 2.24) is 5.32 Å². The number of rotatable bonds is 5. The molecule has 2 unspecified atom stereocenters. The van der Waals surface area contributed by atoms with Gasteiger partial charge in [-0.05, 0) is 47.4 Å². The maximum absolute atomic E-state index is 12.6. The first-order valence-electron chi connectivity index (χ1n) is 8.71. The number of aromatic hydroxyl groups is 1. The van der Waals surface area contributed by atoms with Crippen molar-refractivity contribution < 1.29 is 9.90 Å². The van der Waals surface area contributed by atoms with Gasteiger partial charge in [0.05, 0.1) is 6.04 Å². The number of phenols is 1. The SMILES string of the molecule is CC(C)C(CC(=O)NC1CCc2c(O)cccc21)c1ccccc1. The van der Waals surface area contributed by atoms with Crippen LogP contribution in [-0.2, 0) is 11.2 Å². The lowest BCUT2D eigenvalue weighted by Crippen LogP contribution is -2.29. The lowest BCUT2D eigenvalue weighted by Gasteiger charge is -2.22. The summed E-state index contributed by atoms with van der Waals surface area (Å²) in [5, 5.41) is 13.1. The van der Waals surface area contributed by atoms with Crippen LogP contribution in [0.3, 0.4) is 0 Å². The number of fused-ring (bicyclic) bond motifs is 1. The van der Waals surface area contributed by atoms with Crippen LogP contribution in [0, 0.1) is 5.92 Å². The molecule has 0 aromatic heterocycles. The van der Waals surface area contributed by atoms with Gasteiger partial charge in [-0.15, -0.1) is 0 Å². The fourth-order valence-electron chi connectivity index (χ4n) is 3.68. The summed E-state index contributed by atoms with van der Waals surface area (Å²) in [7, 11) is 0. The summed E-state index contributed by atoms with van der Waals surface area (Å²) in [4.78, 5) is 12.6. The molecule has 0 spiro atoms.